The summed E-state index contributed by atoms with van der Waals surface area (Å²) in [5.41, 5.74) is 1.03. The van der Waals surface area contributed by atoms with Gasteiger partial charge in [0.2, 0.25) is 0 Å². The Hall–Kier alpha value is -2.15. The van der Waals surface area contributed by atoms with Gasteiger partial charge in [0, 0.05) is 20.3 Å². The van der Waals surface area contributed by atoms with Crippen molar-refractivity contribution in [3.63, 3.8) is 0 Å². The molecule has 0 aliphatic rings. The molecule has 2 aromatic rings. The van der Waals surface area contributed by atoms with Gasteiger partial charge >= 0.3 is 5.97 Å². The minimum Gasteiger partial charge on any atom is -0.477 e. The summed E-state index contributed by atoms with van der Waals surface area (Å²) in [6.45, 7) is 0.339. The van der Waals surface area contributed by atoms with E-state index in [0.717, 1.165) is 0 Å². The van der Waals surface area contributed by atoms with E-state index in [1.807, 2.05) is 0 Å². The number of thiophene rings is 1. The number of carbonyl (C=O) groups excluding carboxylic acids is 1. The molecule has 0 spiro atoms. The molecule has 0 unspecified atom stereocenters. The van der Waals surface area contributed by atoms with Crippen molar-refractivity contribution < 1.29 is 14.7 Å². The summed E-state index contributed by atoms with van der Waals surface area (Å²) in [6.07, 6.45) is 1.67. The van der Waals surface area contributed by atoms with E-state index in [-0.39, 0.29) is 5.91 Å². The van der Waals surface area contributed by atoms with Crippen LogP contribution >= 0.6 is 11.3 Å². The van der Waals surface area contributed by atoms with Gasteiger partial charge in [-0.2, -0.15) is 5.10 Å². The number of nitrogens with zero attached hydrogens (tertiary/aromatic N) is 3. The molecule has 0 saturated carbocycles. The minimum absolute atomic E-state index is 0.178. The van der Waals surface area contributed by atoms with Gasteiger partial charge in [-0.15, -0.1) is 11.3 Å². The summed E-state index contributed by atoms with van der Waals surface area (Å²) in [4.78, 5) is 24.4. The molecule has 0 aromatic carbocycles. The van der Waals surface area contributed by atoms with Crippen molar-refractivity contribution in [3.05, 3.63) is 39.8 Å². The van der Waals surface area contributed by atoms with Crippen molar-refractivity contribution in [2.24, 2.45) is 0 Å². The van der Waals surface area contributed by atoms with E-state index in [1.165, 1.54) is 16.2 Å². The molecule has 0 bridgehead atoms. The Labute approximate surface area is 113 Å². The second kappa shape index (κ2) is 5.23. The van der Waals surface area contributed by atoms with Crippen molar-refractivity contribution in [2.45, 2.75) is 6.54 Å². The van der Waals surface area contributed by atoms with Gasteiger partial charge in [-0.05, 0) is 23.1 Å². The minimum atomic E-state index is -0.943. The maximum absolute atomic E-state index is 11.7. The maximum Gasteiger partial charge on any atom is 0.346 e. The third-order valence-electron chi connectivity index (χ3n) is 2.54. The molecule has 1 amide bonds. The van der Waals surface area contributed by atoms with E-state index in [9.17, 15) is 9.59 Å². The molecule has 2 heterocycles. The molecule has 0 saturated heterocycles. The zero-order valence-corrected chi connectivity index (χ0v) is 11.3. The fourth-order valence-electron chi connectivity index (χ4n) is 1.62. The average molecular weight is 279 g/mol. The standard InChI is InChI=1S/C12H13N3O3S/c1-14(2)11(16)9-3-5-15(13-9)7-8-4-6-19-10(8)12(17)18/h3-6H,7H2,1-2H3,(H,17,18). The van der Waals surface area contributed by atoms with Crippen LogP contribution in [0.2, 0.25) is 0 Å². The number of aromatic nitrogens is 2. The van der Waals surface area contributed by atoms with E-state index in [1.54, 1.807) is 42.5 Å². The lowest BCUT2D eigenvalue weighted by Crippen LogP contribution is -2.22. The van der Waals surface area contributed by atoms with Crippen LogP contribution in [0.5, 0.6) is 0 Å². The Balaban J connectivity index is 2.18. The average Bonchev–Trinajstić information content (AvgIpc) is 2.97. The molecule has 0 atom stereocenters. The van der Waals surface area contributed by atoms with Gasteiger partial charge in [-0.3, -0.25) is 9.48 Å². The van der Waals surface area contributed by atoms with Crippen LogP contribution in [0.4, 0.5) is 0 Å². The lowest BCUT2D eigenvalue weighted by molar-refractivity contribution is 0.0700. The SMILES string of the molecule is CN(C)C(=O)c1ccn(Cc2ccsc2C(=O)O)n1. The Morgan fingerprint density at radius 1 is 1.42 bits per heavy atom. The van der Waals surface area contributed by atoms with Crippen LogP contribution in [-0.2, 0) is 6.54 Å². The predicted molar refractivity (Wildman–Crippen MR) is 70.6 cm³/mol. The molecular weight excluding hydrogens is 266 g/mol. The molecule has 1 N–H and O–H groups in total. The summed E-state index contributed by atoms with van der Waals surface area (Å²) in [6, 6.07) is 3.37. The molecule has 19 heavy (non-hydrogen) atoms. The van der Waals surface area contributed by atoms with E-state index >= 15 is 0 Å². The highest BCUT2D eigenvalue weighted by atomic mass is 32.1. The first-order valence-electron chi connectivity index (χ1n) is 5.54. The van der Waals surface area contributed by atoms with E-state index in [4.69, 9.17) is 5.11 Å². The highest BCUT2D eigenvalue weighted by Gasteiger charge is 2.14. The van der Waals surface area contributed by atoms with Crippen LogP contribution in [0, 0.1) is 0 Å². The maximum atomic E-state index is 11.7. The zero-order valence-electron chi connectivity index (χ0n) is 10.5. The Morgan fingerprint density at radius 3 is 2.79 bits per heavy atom. The number of amides is 1. The van der Waals surface area contributed by atoms with Crippen molar-refractivity contribution >= 4 is 23.2 Å². The summed E-state index contributed by atoms with van der Waals surface area (Å²) in [5.74, 6) is -1.12. The first-order valence-corrected chi connectivity index (χ1v) is 6.41. The Bertz CT molecular complexity index is 615. The van der Waals surface area contributed by atoms with Gasteiger partial charge in [0.25, 0.3) is 5.91 Å². The molecule has 2 aromatic heterocycles. The predicted octanol–water partition coefficient (Wildman–Crippen LogP) is 1.39. The van der Waals surface area contributed by atoms with Crippen LogP contribution in [0.3, 0.4) is 0 Å². The summed E-state index contributed by atoms with van der Waals surface area (Å²) in [7, 11) is 3.31. The quantitative estimate of drug-likeness (QED) is 0.917. The first kappa shape index (κ1) is 13.3. The smallest absolute Gasteiger partial charge is 0.346 e. The fourth-order valence-corrected chi connectivity index (χ4v) is 2.37. The number of rotatable bonds is 4. The summed E-state index contributed by atoms with van der Waals surface area (Å²) < 4.78 is 1.56. The highest BCUT2D eigenvalue weighted by molar-refractivity contribution is 7.12. The molecular formula is C12H13N3O3S. The lowest BCUT2D eigenvalue weighted by Gasteiger charge is -2.07. The number of hydrogen-bond acceptors (Lipinski definition) is 4. The number of hydrogen-bond donors (Lipinski definition) is 1. The van der Waals surface area contributed by atoms with Crippen LogP contribution in [0.25, 0.3) is 0 Å². The Kier molecular flexibility index (Phi) is 3.66. The van der Waals surface area contributed by atoms with E-state index in [0.29, 0.717) is 22.7 Å². The monoisotopic (exact) mass is 279 g/mol. The Morgan fingerprint density at radius 2 is 2.16 bits per heavy atom. The van der Waals surface area contributed by atoms with Crippen molar-refractivity contribution in [2.75, 3.05) is 14.1 Å². The van der Waals surface area contributed by atoms with Crippen molar-refractivity contribution in [3.8, 4) is 0 Å². The molecule has 0 aliphatic heterocycles. The van der Waals surface area contributed by atoms with Crippen LogP contribution < -0.4 is 0 Å². The second-order valence-corrected chi connectivity index (χ2v) is 5.09. The number of aromatic carboxylic acids is 1. The van der Waals surface area contributed by atoms with Gasteiger partial charge in [-0.1, -0.05) is 0 Å². The summed E-state index contributed by atoms with van der Waals surface area (Å²) >= 11 is 1.18. The summed E-state index contributed by atoms with van der Waals surface area (Å²) in [5, 5.41) is 14.9. The first-order chi connectivity index (χ1) is 8.99. The molecule has 7 heteroatoms. The normalized spacial score (nSPS) is 10.4. The lowest BCUT2D eigenvalue weighted by atomic mass is 10.2. The van der Waals surface area contributed by atoms with Gasteiger partial charge in [0.05, 0.1) is 6.54 Å². The van der Waals surface area contributed by atoms with Crippen molar-refractivity contribution in [1.82, 2.24) is 14.7 Å². The van der Waals surface area contributed by atoms with Crippen LogP contribution in [-0.4, -0.2) is 45.8 Å². The topological polar surface area (TPSA) is 75.4 Å². The molecule has 2 rings (SSSR count). The molecule has 0 fully saturated rings. The van der Waals surface area contributed by atoms with Crippen molar-refractivity contribution in [1.29, 1.82) is 0 Å². The van der Waals surface area contributed by atoms with Crippen LogP contribution in [0.1, 0.15) is 25.7 Å². The second-order valence-electron chi connectivity index (χ2n) is 4.18. The highest BCUT2D eigenvalue weighted by Crippen LogP contribution is 2.17. The largest absolute Gasteiger partial charge is 0.477 e. The van der Waals surface area contributed by atoms with Gasteiger partial charge in [-0.25, -0.2) is 4.79 Å². The number of carboxylic acid groups (broad SMARTS) is 1. The van der Waals surface area contributed by atoms with Gasteiger partial charge < -0.3 is 10.0 Å². The third-order valence-corrected chi connectivity index (χ3v) is 3.48. The zero-order chi connectivity index (χ0) is 14.0. The molecule has 100 valence electrons. The third kappa shape index (κ3) is 2.82. The molecule has 0 aliphatic carbocycles. The fraction of sp³-hybridized carbons (Fsp3) is 0.250. The van der Waals surface area contributed by atoms with Crippen LogP contribution in [0.15, 0.2) is 23.7 Å². The number of carbonyl (C=O) groups is 2. The van der Waals surface area contributed by atoms with E-state index in [2.05, 4.69) is 5.10 Å². The molecule has 0 radical (unpaired) electrons. The molecule has 6 nitrogen and oxygen atoms in total. The van der Waals surface area contributed by atoms with Gasteiger partial charge in [0.15, 0.2) is 0 Å². The van der Waals surface area contributed by atoms with E-state index < -0.39 is 5.97 Å². The van der Waals surface area contributed by atoms with Gasteiger partial charge in [0.1, 0.15) is 10.6 Å². The number of carboxylic acids is 1.